The van der Waals surface area contributed by atoms with Gasteiger partial charge in [0.05, 0.1) is 0 Å². The van der Waals surface area contributed by atoms with Crippen molar-refractivity contribution in [2.75, 3.05) is 44.2 Å². The summed E-state index contributed by atoms with van der Waals surface area (Å²) in [4.78, 5) is 19.8. The number of nitrogens with zero attached hydrogens (tertiary/aromatic N) is 3. The number of hydrogen-bond donors (Lipinski definition) is 0. The molecule has 3 aliphatic rings. The summed E-state index contributed by atoms with van der Waals surface area (Å²) in [6, 6.07) is 9.60. The first-order valence-electron chi connectivity index (χ1n) is 10.8. The number of rotatable bonds is 5. The molecule has 4 heteroatoms. The van der Waals surface area contributed by atoms with E-state index in [1.54, 1.807) is 0 Å². The van der Waals surface area contributed by atoms with E-state index in [9.17, 15) is 4.79 Å². The van der Waals surface area contributed by atoms with Crippen LogP contribution >= 0.6 is 0 Å². The number of piperidine rings is 1. The maximum atomic E-state index is 12.7. The van der Waals surface area contributed by atoms with E-state index in [-0.39, 0.29) is 0 Å². The average Bonchev–Trinajstić information content (AvgIpc) is 2.60. The van der Waals surface area contributed by atoms with Gasteiger partial charge < -0.3 is 14.7 Å². The van der Waals surface area contributed by atoms with Crippen LogP contribution in [-0.4, -0.2) is 61.0 Å². The first-order valence-corrected chi connectivity index (χ1v) is 10.8. The lowest BCUT2D eigenvalue weighted by Gasteiger charge is -2.61. The van der Waals surface area contributed by atoms with Crippen molar-refractivity contribution in [2.24, 2.45) is 11.3 Å². The smallest absolute Gasteiger partial charge is 0.222 e. The largest absolute Gasteiger partial charge is 0.370 e. The van der Waals surface area contributed by atoms with Gasteiger partial charge in [-0.05, 0) is 69.8 Å². The fourth-order valence-corrected chi connectivity index (χ4v) is 5.08. The van der Waals surface area contributed by atoms with E-state index in [1.807, 2.05) is 0 Å². The van der Waals surface area contributed by atoms with Crippen molar-refractivity contribution in [3.05, 3.63) is 29.8 Å². The molecule has 27 heavy (non-hydrogen) atoms. The van der Waals surface area contributed by atoms with Crippen LogP contribution in [0, 0.1) is 11.3 Å². The summed E-state index contributed by atoms with van der Waals surface area (Å²) in [5.41, 5.74) is 3.10. The Morgan fingerprint density at radius 3 is 2.26 bits per heavy atom. The molecule has 0 radical (unpaired) electrons. The lowest BCUT2D eigenvalue weighted by Crippen LogP contribution is -2.73. The number of likely N-dealkylation sites (tertiary alicyclic amines) is 2. The molecule has 3 fully saturated rings. The van der Waals surface area contributed by atoms with E-state index in [2.05, 4.69) is 59.7 Å². The van der Waals surface area contributed by atoms with E-state index in [1.165, 1.54) is 24.1 Å². The molecule has 0 N–H and O–H groups in total. The van der Waals surface area contributed by atoms with Crippen molar-refractivity contribution in [3.8, 4) is 0 Å². The van der Waals surface area contributed by atoms with Gasteiger partial charge in [0.25, 0.3) is 0 Å². The third kappa shape index (κ3) is 3.87. The number of benzene rings is 1. The van der Waals surface area contributed by atoms with Gasteiger partial charge in [-0.15, -0.1) is 0 Å². The third-order valence-corrected chi connectivity index (χ3v) is 7.01. The molecular weight excluding hydrogens is 334 g/mol. The fraction of sp³-hybridized carbons (Fsp3) is 0.696. The van der Waals surface area contributed by atoms with Gasteiger partial charge in [0.2, 0.25) is 5.91 Å². The number of carbonyl (C=O) groups excluding carboxylic acids is 1. The van der Waals surface area contributed by atoms with Gasteiger partial charge in [-0.25, -0.2) is 0 Å². The molecule has 0 bridgehead atoms. The second-order valence-corrected chi connectivity index (χ2v) is 9.40. The van der Waals surface area contributed by atoms with Crippen LogP contribution in [0.5, 0.6) is 0 Å². The van der Waals surface area contributed by atoms with Gasteiger partial charge in [-0.2, -0.15) is 0 Å². The summed E-state index contributed by atoms with van der Waals surface area (Å²) in [6.07, 6.45) is 4.23. The second-order valence-electron chi connectivity index (χ2n) is 9.40. The monoisotopic (exact) mass is 369 g/mol. The van der Waals surface area contributed by atoms with Crippen LogP contribution in [0.15, 0.2) is 24.3 Å². The van der Waals surface area contributed by atoms with Gasteiger partial charge in [-0.1, -0.05) is 19.1 Å². The van der Waals surface area contributed by atoms with Crippen LogP contribution in [0.25, 0.3) is 0 Å². The molecule has 0 aliphatic carbocycles. The van der Waals surface area contributed by atoms with E-state index in [0.29, 0.717) is 23.3 Å². The number of amides is 1. The normalized spacial score (nSPS) is 22.8. The molecule has 3 aliphatic heterocycles. The first-order chi connectivity index (χ1) is 13.0. The van der Waals surface area contributed by atoms with E-state index in [0.717, 1.165) is 52.1 Å². The van der Waals surface area contributed by atoms with E-state index in [4.69, 9.17) is 0 Å². The molecule has 0 atom stereocenters. The highest BCUT2D eigenvalue weighted by Crippen LogP contribution is 2.42. The zero-order chi connectivity index (χ0) is 19.0. The topological polar surface area (TPSA) is 26.8 Å². The Morgan fingerprint density at radius 1 is 1.07 bits per heavy atom. The Bertz CT molecular complexity index is 647. The third-order valence-electron chi connectivity index (χ3n) is 7.01. The van der Waals surface area contributed by atoms with Crippen LogP contribution in [0.1, 0.15) is 45.6 Å². The molecular formula is C23H35N3O. The highest BCUT2D eigenvalue weighted by atomic mass is 16.2. The Labute approximate surface area is 164 Å². The van der Waals surface area contributed by atoms with Crippen molar-refractivity contribution < 1.29 is 4.79 Å². The van der Waals surface area contributed by atoms with Crippen molar-refractivity contribution in [1.29, 1.82) is 0 Å². The van der Waals surface area contributed by atoms with Gasteiger partial charge in [0, 0.05) is 49.7 Å². The summed E-state index contributed by atoms with van der Waals surface area (Å²) in [6.45, 7) is 13.2. The maximum Gasteiger partial charge on any atom is 0.222 e. The predicted octanol–water partition coefficient (Wildman–Crippen LogP) is 3.41. The molecule has 1 amide bonds. The minimum Gasteiger partial charge on any atom is -0.370 e. The lowest BCUT2D eigenvalue weighted by atomic mass is 9.72. The molecule has 3 heterocycles. The molecule has 0 saturated carbocycles. The van der Waals surface area contributed by atoms with Crippen LogP contribution in [0.4, 0.5) is 5.69 Å². The van der Waals surface area contributed by atoms with Crippen molar-refractivity contribution in [3.63, 3.8) is 0 Å². The molecule has 1 spiro atoms. The van der Waals surface area contributed by atoms with Gasteiger partial charge in [0.1, 0.15) is 0 Å². The zero-order valence-corrected chi connectivity index (χ0v) is 17.3. The summed E-state index contributed by atoms with van der Waals surface area (Å²) in [5, 5.41) is 0. The van der Waals surface area contributed by atoms with Crippen LogP contribution in [0.3, 0.4) is 0 Å². The van der Waals surface area contributed by atoms with Crippen molar-refractivity contribution >= 4 is 11.6 Å². The Hall–Kier alpha value is -1.55. The summed E-state index contributed by atoms with van der Waals surface area (Å²) < 4.78 is 0. The second kappa shape index (κ2) is 7.46. The minimum absolute atomic E-state index is 0.375. The molecule has 148 valence electrons. The molecule has 1 aromatic rings. The number of hydrogen-bond acceptors (Lipinski definition) is 3. The summed E-state index contributed by atoms with van der Waals surface area (Å²) in [5.74, 6) is 0.994. The number of aryl methyl sites for hydroxylation is 1. The van der Waals surface area contributed by atoms with Crippen molar-refractivity contribution in [1.82, 2.24) is 9.80 Å². The van der Waals surface area contributed by atoms with Crippen LogP contribution in [-0.2, 0) is 11.2 Å². The Kier molecular flexibility index (Phi) is 5.19. The maximum absolute atomic E-state index is 12.7. The fourth-order valence-electron chi connectivity index (χ4n) is 5.08. The Morgan fingerprint density at radius 2 is 1.70 bits per heavy atom. The predicted molar refractivity (Wildman–Crippen MR) is 111 cm³/mol. The molecule has 3 saturated heterocycles. The summed E-state index contributed by atoms with van der Waals surface area (Å²) in [7, 11) is 0. The van der Waals surface area contributed by atoms with E-state index >= 15 is 0 Å². The minimum atomic E-state index is 0.375. The van der Waals surface area contributed by atoms with Gasteiger partial charge in [-0.3, -0.25) is 4.79 Å². The lowest BCUT2D eigenvalue weighted by molar-refractivity contribution is -0.146. The standard InChI is InChI=1S/C23H35N3O/c1-4-19-5-7-21(8-6-19)25-14-23(15-25)16-26(17-23)22(27)13-20-9-11-24(12-10-20)18(2)3/h5-8,18,20H,4,9-17H2,1-3H3. The average molecular weight is 370 g/mol. The Balaban J connectivity index is 1.19. The molecule has 0 aromatic heterocycles. The van der Waals surface area contributed by atoms with Crippen LogP contribution in [0.2, 0.25) is 0 Å². The van der Waals surface area contributed by atoms with Crippen molar-refractivity contribution in [2.45, 2.75) is 52.5 Å². The first kappa shape index (κ1) is 18.8. The molecule has 4 rings (SSSR count). The molecule has 4 nitrogen and oxygen atoms in total. The quantitative estimate of drug-likeness (QED) is 0.796. The SMILES string of the molecule is CCc1ccc(N2CC3(CN(C(=O)CC4CCN(C(C)C)CC4)C3)C2)cc1. The van der Waals surface area contributed by atoms with E-state index < -0.39 is 0 Å². The van der Waals surface area contributed by atoms with Gasteiger partial charge in [0.15, 0.2) is 0 Å². The molecule has 1 aromatic carbocycles. The highest BCUT2D eigenvalue weighted by molar-refractivity contribution is 5.78. The summed E-state index contributed by atoms with van der Waals surface area (Å²) >= 11 is 0. The van der Waals surface area contributed by atoms with Crippen LogP contribution < -0.4 is 4.90 Å². The van der Waals surface area contributed by atoms with Gasteiger partial charge >= 0.3 is 0 Å². The highest BCUT2D eigenvalue weighted by Gasteiger charge is 2.53. The zero-order valence-electron chi connectivity index (χ0n) is 17.3. The molecule has 0 unspecified atom stereocenters. The number of anilines is 1. The number of carbonyl (C=O) groups is 1.